The van der Waals surface area contributed by atoms with Crippen molar-refractivity contribution in [2.24, 2.45) is 5.10 Å². The molecule has 2 aromatic rings. The molecule has 0 heterocycles. The van der Waals surface area contributed by atoms with Crippen LogP contribution in [0.4, 0.5) is 4.39 Å². The third-order valence-corrected chi connectivity index (χ3v) is 4.87. The van der Waals surface area contributed by atoms with Crippen LogP contribution in [-0.2, 0) is 10.0 Å². The van der Waals surface area contributed by atoms with Crippen LogP contribution < -0.4 is 14.3 Å². The molecule has 0 spiro atoms. The Bertz CT molecular complexity index is 870. The van der Waals surface area contributed by atoms with E-state index in [2.05, 4.69) is 25.9 Å². The zero-order valence-electron chi connectivity index (χ0n) is 13.5. The fourth-order valence-electron chi connectivity index (χ4n) is 1.96. The first-order chi connectivity index (χ1) is 11.9. The van der Waals surface area contributed by atoms with Gasteiger partial charge in [-0.3, -0.25) is 0 Å². The van der Waals surface area contributed by atoms with Crippen LogP contribution in [-0.4, -0.2) is 28.3 Å². The molecule has 0 bridgehead atoms. The van der Waals surface area contributed by atoms with Gasteiger partial charge in [-0.25, -0.2) is 9.22 Å². The number of rotatable bonds is 7. The normalized spacial score (nSPS) is 11.5. The molecule has 2 aromatic carbocycles. The molecule has 134 valence electrons. The number of sulfonamides is 1. The average molecular weight is 431 g/mol. The van der Waals surface area contributed by atoms with Gasteiger partial charge in [-0.2, -0.15) is 13.5 Å². The second kappa shape index (κ2) is 8.30. The molecular formula is C16H16BrFN2O4S. The summed E-state index contributed by atoms with van der Waals surface area (Å²) in [6.07, 6.45) is 1.33. The van der Waals surface area contributed by atoms with Crippen molar-refractivity contribution in [3.05, 3.63) is 52.3 Å². The summed E-state index contributed by atoms with van der Waals surface area (Å²) in [5.74, 6) is 0.516. The topological polar surface area (TPSA) is 77.0 Å². The maximum atomic E-state index is 12.9. The summed E-state index contributed by atoms with van der Waals surface area (Å²) >= 11 is 3.36. The van der Waals surface area contributed by atoms with Crippen molar-refractivity contribution >= 4 is 32.2 Å². The SMILES string of the molecule is CCOc1cc(/C=N/NS(=O)(=O)c2ccc(F)cc2)cc(Br)c1OC. The van der Waals surface area contributed by atoms with Crippen LogP contribution >= 0.6 is 15.9 Å². The number of ether oxygens (including phenoxy) is 2. The van der Waals surface area contributed by atoms with Gasteiger partial charge in [-0.1, -0.05) is 0 Å². The predicted molar refractivity (Wildman–Crippen MR) is 96.2 cm³/mol. The van der Waals surface area contributed by atoms with Crippen LogP contribution in [0, 0.1) is 5.82 Å². The lowest BCUT2D eigenvalue weighted by Gasteiger charge is -2.11. The number of halogens is 2. The first-order valence-corrected chi connectivity index (χ1v) is 9.45. The quantitative estimate of drug-likeness (QED) is 0.539. The van der Waals surface area contributed by atoms with Gasteiger partial charge in [-0.05, 0) is 64.8 Å². The van der Waals surface area contributed by atoms with Gasteiger partial charge in [0.1, 0.15) is 5.82 Å². The highest BCUT2D eigenvalue weighted by atomic mass is 79.9. The number of hydrogen-bond donors (Lipinski definition) is 1. The summed E-state index contributed by atoms with van der Waals surface area (Å²) in [7, 11) is -2.35. The predicted octanol–water partition coefficient (Wildman–Crippen LogP) is 3.31. The van der Waals surface area contributed by atoms with Gasteiger partial charge in [0.25, 0.3) is 10.0 Å². The largest absolute Gasteiger partial charge is 0.492 e. The Balaban J connectivity index is 2.20. The molecule has 0 saturated heterocycles. The maximum absolute atomic E-state index is 12.9. The molecule has 2 rings (SSSR count). The van der Waals surface area contributed by atoms with Gasteiger partial charge < -0.3 is 9.47 Å². The lowest BCUT2D eigenvalue weighted by atomic mass is 10.2. The number of nitrogens with one attached hydrogen (secondary N) is 1. The van der Waals surface area contributed by atoms with Gasteiger partial charge >= 0.3 is 0 Å². The van der Waals surface area contributed by atoms with Gasteiger partial charge in [0.2, 0.25) is 0 Å². The van der Waals surface area contributed by atoms with Crippen molar-refractivity contribution in [3.63, 3.8) is 0 Å². The number of nitrogens with zero attached hydrogens (tertiary/aromatic N) is 1. The van der Waals surface area contributed by atoms with E-state index in [4.69, 9.17) is 9.47 Å². The molecule has 1 N–H and O–H groups in total. The van der Waals surface area contributed by atoms with Crippen LogP contribution in [0.25, 0.3) is 0 Å². The van der Waals surface area contributed by atoms with E-state index in [-0.39, 0.29) is 4.90 Å². The summed E-state index contributed by atoms with van der Waals surface area (Å²) in [6.45, 7) is 2.28. The van der Waals surface area contributed by atoms with Crippen molar-refractivity contribution in [2.75, 3.05) is 13.7 Å². The number of hydrogen-bond acceptors (Lipinski definition) is 5. The zero-order valence-corrected chi connectivity index (χ0v) is 15.9. The number of benzene rings is 2. The Morgan fingerprint density at radius 3 is 2.56 bits per heavy atom. The van der Waals surface area contributed by atoms with Crippen LogP contribution in [0.3, 0.4) is 0 Å². The molecule has 0 unspecified atom stereocenters. The molecule has 6 nitrogen and oxygen atoms in total. The smallest absolute Gasteiger partial charge is 0.276 e. The van der Waals surface area contributed by atoms with Crippen molar-refractivity contribution < 1.29 is 22.3 Å². The third kappa shape index (κ3) is 4.93. The van der Waals surface area contributed by atoms with E-state index in [1.165, 1.54) is 13.3 Å². The molecule has 0 aliphatic carbocycles. The van der Waals surface area contributed by atoms with Crippen LogP contribution in [0.15, 0.2) is 50.9 Å². The van der Waals surface area contributed by atoms with E-state index in [0.717, 1.165) is 24.3 Å². The number of hydrazone groups is 1. The Labute approximate surface area is 153 Å². The maximum Gasteiger partial charge on any atom is 0.276 e. The summed E-state index contributed by atoms with van der Waals surface area (Å²) in [5.41, 5.74) is 0.595. The minimum Gasteiger partial charge on any atom is -0.492 e. The van der Waals surface area contributed by atoms with Crippen molar-refractivity contribution in [3.8, 4) is 11.5 Å². The molecule has 0 aliphatic heterocycles. The molecule has 0 aromatic heterocycles. The Morgan fingerprint density at radius 1 is 1.28 bits per heavy atom. The standard InChI is InChI=1S/C16H16BrFN2O4S/c1-3-24-15-9-11(8-14(17)16(15)23-2)10-19-20-25(21,22)13-6-4-12(18)5-7-13/h4-10,20H,3H2,1-2H3/b19-10+. The highest BCUT2D eigenvalue weighted by Crippen LogP contribution is 2.36. The van der Waals surface area contributed by atoms with E-state index in [1.807, 2.05) is 6.92 Å². The summed E-state index contributed by atoms with van der Waals surface area (Å²) in [6, 6.07) is 7.81. The van der Waals surface area contributed by atoms with E-state index in [0.29, 0.717) is 28.1 Å². The molecule has 0 atom stereocenters. The minimum absolute atomic E-state index is 0.0861. The van der Waals surface area contributed by atoms with Crippen LogP contribution in [0.2, 0.25) is 0 Å². The first-order valence-electron chi connectivity index (χ1n) is 7.18. The van der Waals surface area contributed by atoms with Gasteiger partial charge in [0.05, 0.1) is 29.3 Å². The van der Waals surface area contributed by atoms with E-state index >= 15 is 0 Å². The second-order valence-electron chi connectivity index (χ2n) is 4.77. The molecule has 0 radical (unpaired) electrons. The fraction of sp³-hybridized carbons (Fsp3) is 0.188. The monoisotopic (exact) mass is 430 g/mol. The molecule has 0 aliphatic rings. The van der Waals surface area contributed by atoms with Crippen molar-refractivity contribution in [1.29, 1.82) is 0 Å². The number of methoxy groups -OCH3 is 1. The first kappa shape index (κ1) is 19.2. The van der Waals surface area contributed by atoms with Gasteiger partial charge in [-0.15, -0.1) is 0 Å². The van der Waals surface area contributed by atoms with Crippen LogP contribution in [0.1, 0.15) is 12.5 Å². The highest BCUT2D eigenvalue weighted by Gasteiger charge is 2.13. The minimum atomic E-state index is -3.87. The molecule has 0 amide bonds. The average Bonchev–Trinajstić information content (AvgIpc) is 2.55. The Morgan fingerprint density at radius 2 is 1.96 bits per heavy atom. The fourth-order valence-corrected chi connectivity index (χ4v) is 3.37. The molecular weight excluding hydrogens is 415 g/mol. The van der Waals surface area contributed by atoms with E-state index in [1.54, 1.807) is 12.1 Å². The van der Waals surface area contributed by atoms with Crippen LogP contribution in [0.5, 0.6) is 11.5 Å². The van der Waals surface area contributed by atoms with Gasteiger partial charge in [0.15, 0.2) is 11.5 Å². The summed E-state index contributed by atoms with van der Waals surface area (Å²) in [4.78, 5) is 1.99. The van der Waals surface area contributed by atoms with E-state index < -0.39 is 15.8 Å². The van der Waals surface area contributed by atoms with Crippen molar-refractivity contribution in [1.82, 2.24) is 4.83 Å². The van der Waals surface area contributed by atoms with Crippen molar-refractivity contribution in [2.45, 2.75) is 11.8 Å². The molecule has 25 heavy (non-hydrogen) atoms. The second-order valence-corrected chi connectivity index (χ2v) is 7.29. The highest BCUT2D eigenvalue weighted by molar-refractivity contribution is 9.10. The Hall–Kier alpha value is -2.13. The van der Waals surface area contributed by atoms with Gasteiger partial charge in [0, 0.05) is 0 Å². The Kier molecular flexibility index (Phi) is 6.38. The molecule has 0 fully saturated rings. The summed E-state index contributed by atoms with van der Waals surface area (Å²) < 4.78 is 48.4. The summed E-state index contributed by atoms with van der Waals surface area (Å²) in [5, 5.41) is 3.74. The van der Waals surface area contributed by atoms with E-state index in [9.17, 15) is 12.8 Å². The lowest BCUT2D eigenvalue weighted by Crippen LogP contribution is -2.18. The molecule has 9 heteroatoms. The lowest BCUT2D eigenvalue weighted by molar-refractivity contribution is 0.310. The third-order valence-electron chi connectivity index (χ3n) is 3.05. The zero-order chi connectivity index (χ0) is 18.4. The molecule has 0 saturated carbocycles.